The summed E-state index contributed by atoms with van der Waals surface area (Å²) in [5, 5.41) is 1.67. The van der Waals surface area contributed by atoms with E-state index < -0.39 is 21.5 Å². The first kappa shape index (κ1) is 16.9. The van der Waals surface area contributed by atoms with Crippen LogP contribution in [0.1, 0.15) is 0 Å². The molecule has 1 aromatic carbocycles. The fourth-order valence-corrected chi connectivity index (χ4v) is 4.98. The second-order valence-corrected chi connectivity index (χ2v) is 8.67. The van der Waals surface area contributed by atoms with E-state index in [1.807, 2.05) is 4.90 Å². The molecule has 24 heavy (non-hydrogen) atoms. The summed E-state index contributed by atoms with van der Waals surface area (Å²) in [6, 6.07) is 9.66. The van der Waals surface area contributed by atoms with Crippen LogP contribution in [0.2, 0.25) is 0 Å². The molecular weight excluding hydrogens is 351 g/mol. The molecule has 1 amide bonds. The number of hydrogen-bond acceptors (Lipinski definition) is 5. The number of sulfone groups is 1. The van der Waals surface area contributed by atoms with E-state index in [4.69, 9.17) is 0 Å². The maximum atomic E-state index is 13.8. The van der Waals surface area contributed by atoms with E-state index in [-0.39, 0.29) is 10.0 Å². The molecule has 0 bridgehead atoms. The second-order valence-electron chi connectivity index (χ2n) is 5.51. The first-order valence-electron chi connectivity index (χ1n) is 7.51. The summed E-state index contributed by atoms with van der Waals surface area (Å²) >= 11 is 1.11. The Morgan fingerprint density at radius 3 is 2.42 bits per heavy atom. The van der Waals surface area contributed by atoms with Gasteiger partial charge in [-0.1, -0.05) is 18.2 Å². The Hall–Kier alpha value is -1.93. The minimum absolute atomic E-state index is 0.209. The van der Waals surface area contributed by atoms with Crippen molar-refractivity contribution in [2.24, 2.45) is 0 Å². The molecule has 0 aliphatic carbocycles. The van der Waals surface area contributed by atoms with Crippen molar-refractivity contribution in [3.05, 3.63) is 47.6 Å². The highest BCUT2D eigenvalue weighted by Gasteiger charge is 2.27. The third-order valence-corrected chi connectivity index (χ3v) is 7.03. The van der Waals surface area contributed by atoms with E-state index in [2.05, 4.69) is 0 Å². The molecule has 0 atom stereocenters. The van der Waals surface area contributed by atoms with Crippen molar-refractivity contribution in [2.45, 2.75) is 4.21 Å². The summed E-state index contributed by atoms with van der Waals surface area (Å²) in [5.41, 5.74) is 0.510. The van der Waals surface area contributed by atoms with Crippen LogP contribution in [0.3, 0.4) is 0 Å². The standard InChI is InChI=1S/C16H17FN2O3S2/c17-13-4-1-2-5-14(13)18-7-9-19(10-8-18)15(20)12-24(21,22)16-6-3-11-23-16/h1-6,11H,7-10,12H2. The number of para-hydroxylation sites is 1. The summed E-state index contributed by atoms with van der Waals surface area (Å²) in [4.78, 5) is 15.7. The number of halogens is 1. The van der Waals surface area contributed by atoms with Gasteiger partial charge in [0.1, 0.15) is 15.8 Å². The van der Waals surface area contributed by atoms with Gasteiger partial charge in [0.25, 0.3) is 0 Å². The number of nitrogens with zero attached hydrogens (tertiary/aromatic N) is 2. The Morgan fingerprint density at radius 2 is 1.79 bits per heavy atom. The first-order valence-corrected chi connectivity index (χ1v) is 10.0. The Morgan fingerprint density at radius 1 is 1.08 bits per heavy atom. The van der Waals surface area contributed by atoms with Gasteiger partial charge in [0.2, 0.25) is 5.91 Å². The summed E-state index contributed by atoms with van der Waals surface area (Å²) in [5.74, 6) is -1.22. The molecule has 1 saturated heterocycles. The highest BCUT2D eigenvalue weighted by atomic mass is 32.2. The Labute approximate surface area is 144 Å². The summed E-state index contributed by atoms with van der Waals surface area (Å²) in [7, 11) is -3.58. The number of rotatable bonds is 4. The van der Waals surface area contributed by atoms with E-state index in [0.717, 1.165) is 11.3 Å². The molecule has 0 radical (unpaired) electrons. The lowest BCUT2D eigenvalue weighted by Crippen LogP contribution is -2.50. The molecule has 2 aromatic rings. The minimum atomic E-state index is -3.58. The van der Waals surface area contributed by atoms with Crippen LogP contribution in [-0.2, 0) is 14.6 Å². The van der Waals surface area contributed by atoms with Crippen LogP contribution in [0.5, 0.6) is 0 Å². The summed E-state index contributed by atoms with van der Waals surface area (Å²) < 4.78 is 38.4. The summed E-state index contributed by atoms with van der Waals surface area (Å²) in [6.07, 6.45) is 0. The van der Waals surface area contributed by atoms with Gasteiger partial charge in [-0.05, 0) is 23.6 Å². The molecule has 1 fully saturated rings. The number of hydrogen-bond donors (Lipinski definition) is 0. The zero-order valence-electron chi connectivity index (χ0n) is 12.9. The van der Waals surface area contributed by atoms with E-state index in [9.17, 15) is 17.6 Å². The molecule has 8 heteroatoms. The van der Waals surface area contributed by atoms with Gasteiger partial charge >= 0.3 is 0 Å². The monoisotopic (exact) mass is 368 g/mol. The average Bonchev–Trinajstić information content (AvgIpc) is 3.10. The molecule has 1 aromatic heterocycles. The fraction of sp³-hybridized carbons (Fsp3) is 0.312. The predicted molar refractivity (Wildman–Crippen MR) is 91.6 cm³/mol. The van der Waals surface area contributed by atoms with Crippen LogP contribution in [0.15, 0.2) is 46.0 Å². The normalized spacial score (nSPS) is 15.5. The zero-order valence-corrected chi connectivity index (χ0v) is 14.5. The van der Waals surface area contributed by atoms with Crippen LogP contribution in [0, 0.1) is 5.82 Å². The van der Waals surface area contributed by atoms with Crippen molar-refractivity contribution in [1.29, 1.82) is 0 Å². The van der Waals surface area contributed by atoms with Crippen molar-refractivity contribution in [2.75, 3.05) is 36.8 Å². The van der Waals surface area contributed by atoms with Crippen LogP contribution in [0.25, 0.3) is 0 Å². The maximum Gasteiger partial charge on any atom is 0.238 e. The second kappa shape index (κ2) is 6.90. The van der Waals surface area contributed by atoms with Crippen LogP contribution >= 0.6 is 11.3 Å². The smallest absolute Gasteiger partial charge is 0.238 e. The zero-order chi connectivity index (χ0) is 17.2. The van der Waals surface area contributed by atoms with Crippen LogP contribution in [0.4, 0.5) is 10.1 Å². The SMILES string of the molecule is O=C(CS(=O)(=O)c1cccs1)N1CCN(c2ccccc2F)CC1. The lowest BCUT2D eigenvalue weighted by Gasteiger charge is -2.36. The minimum Gasteiger partial charge on any atom is -0.366 e. The lowest BCUT2D eigenvalue weighted by atomic mass is 10.2. The topological polar surface area (TPSA) is 57.7 Å². The molecule has 1 aliphatic rings. The molecule has 5 nitrogen and oxygen atoms in total. The Bertz CT molecular complexity index is 814. The third-order valence-electron chi connectivity index (χ3n) is 3.94. The number of benzene rings is 1. The van der Waals surface area contributed by atoms with E-state index >= 15 is 0 Å². The molecule has 0 unspecified atom stereocenters. The van der Waals surface area contributed by atoms with Gasteiger partial charge in [-0.2, -0.15) is 0 Å². The molecule has 2 heterocycles. The van der Waals surface area contributed by atoms with Gasteiger partial charge in [-0.3, -0.25) is 4.79 Å². The predicted octanol–water partition coefficient (Wildman–Crippen LogP) is 2.01. The Balaban J connectivity index is 1.61. The van der Waals surface area contributed by atoms with Gasteiger partial charge in [-0.15, -0.1) is 11.3 Å². The lowest BCUT2D eigenvalue weighted by molar-refractivity contribution is -0.128. The van der Waals surface area contributed by atoms with Crippen molar-refractivity contribution < 1.29 is 17.6 Å². The fourth-order valence-electron chi connectivity index (χ4n) is 2.67. The van der Waals surface area contributed by atoms with Crippen molar-refractivity contribution >= 4 is 32.8 Å². The number of amides is 1. The van der Waals surface area contributed by atoms with Crippen molar-refractivity contribution in [1.82, 2.24) is 4.90 Å². The number of thiophene rings is 1. The number of piperazine rings is 1. The maximum absolute atomic E-state index is 13.8. The van der Waals surface area contributed by atoms with Crippen molar-refractivity contribution in [3.63, 3.8) is 0 Å². The van der Waals surface area contributed by atoms with Gasteiger partial charge in [0, 0.05) is 26.2 Å². The van der Waals surface area contributed by atoms with E-state index in [1.165, 1.54) is 17.0 Å². The largest absolute Gasteiger partial charge is 0.366 e. The number of carbonyl (C=O) groups excluding carboxylic acids is 1. The molecule has 0 saturated carbocycles. The van der Waals surface area contributed by atoms with Crippen molar-refractivity contribution in [3.8, 4) is 0 Å². The first-order chi connectivity index (χ1) is 11.5. The van der Waals surface area contributed by atoms with Gasteiger partial charge in [0.15, 0.2) is 9.84 Å². The molecule has 0 spiro atoms. The number of anilines is 1. The van der Waals surface area contributed by atoms with Crippen LogP contribution < -0.4 is 4.90 Å². The Kier molecular flexibility index (Phi) is 4.86. The number of carbonyl (C=O) groups is 1. The highest BCUT2D eigenvalue weighted by Crippen LogP contribution is 2.21. The highest BCUT2D eigenvalue weighted by molar-refractivity contribution is 7.94. The molecule has 0 N–H and O–H groups in total. The van der Waals surface area contributed by atoms with E-state index in [0.29, 0.717) is 31.9 Å². The third kappa shape index (κ3) is 3.59. The molecule has 128 valence electrons. The van der Waals surface area contributed by atoms with Gasteiger partial charge in [0.05, 0.1) is 5.69 Å². The quantitative estimate of drug-likeness (QED) is 0.828. The molecule has 1 aliphatic heterocycles. The van der Waals surface area contributed by atoms with Gasteiger partial charge < -0.3 is 9.80 Å². The molecular formula is C16H17FN2O3S2. The van der Waals surface area contributed by atoms with E-state index in [1.54, 1.807) is 29.6 Å². The molecule has 3 rings (SSSR count). The average molecular weight is 368 g/mol. The summed E-state index contributed by atoms with van der Waals surface area (Å²) in [6.45, 7) is 1.72. The van der Waals surface area contributed by atoms with Gasteiger partial charge in [-0.25, -0.2) is 12.8 Å². The van der Waals surface area contributed by atoms with Crippen LogP contribution in [-0.4, -0.2) is 51.2 Å².